The molecule has 1 aliphatic carbocycles. The lowest BCUT2D eigenvalue weighted by Gasteiger charge is -2.41. The lowest BCUT2D eigenvalue weighted by molar-refractivity contribution is -0.119. The average molecular weight is 397 g/mol. The molecule has 3 aromatic rings. The van der Waals surface area contributed by atoms with E-state index < -0.39 is 5.60 Å². The van der Waals surface area contributed by atoms with Gasteiger partial charge in [-0.15, -0.1) is 5.10 Å². The fourth-order valence-corrected chi connectivity index (χ4v) is 3.36. The van der Waals surface area contributed by atoms with Crippen LogP contribution in [0.2, 0.25) is 0 Å². The smallest absolute Gasteiger partial charge is 0.257 e. The lowest BCUT2D eigenvalue weighted by Crippen LogP contribution is -2.52. The van der Waals surface area contributed by atoms with Crippen molar-refractivity contribution in [1.82, 2.24) is 24.3 Å². The Hall–Kier alpha value is -3.16. The van der Waals surface area contributed by atoms with E-state index >= 15 is 0 Å². The van der Waals surface area contributed by atoms with Crippen molar-refractivity contribution in [2.45, 2.75) is 38.0 Å². The molecule has 2 N–H and O–H groups in total. The maximum Gasteiger partial charge on any atom is 0.257 e. The first-order chi connectivity index (χ1) is 13.9. The fourth-order valence-electron chi connectivity index (χ4n) is 3.36. The lowest BCUT2D eigenvalue weighted by atomic mass is 9.79. The van der Waals surface area contributed by atoms with Gasteiger partial charge in [-0.3, -0.25) is 4.68 Å². The van der Waals surface area contributed by atoms with Crippen LogP contribution in [-0.4, -0.2) is 54.8 Å². The van der Waals surface area contributed by atoms with Gasteiger partial charge in [-0.1, -0.05) is 0 Å². The number of hydrogen-bond donors (Lipinski definition) is 2. The highest BCUT2D eigenvalue weighted by atomic mass is 16.5. The second-order valence-corrected chi connectivity index (χ2v) is 7.41. The van der Waals surface area contributed by atoms with Crippen LogP contribution in [0.15, 0.2) is 18.5 Å². The summed E-state index contributed by atoms with van der Waals surface area (Å²) in [7, 11) is 3.40. The summed E-state index contributed by atoms with van der Waals surface area (Å²) in [6.07, 6.45) is 4.61. The third kappa shape index (κ3) is 3.62. The second-order valence-electron chi connectivity index (χ2n) is 7.41. The van der Waals surface area contributed by atoms with Crippen molar-refractivity contribution in [3.05, 3.63) is 24.2 Å². The maximum absolute atomic E-state index is 10.2. The maximum atomic E-state index is 10.2. The molecular weight excluding hydrogens is 374 g/mol. The summed E-state index contributed by atoms with van der Waals surface area (Å²) in [5.41, 5.74) is 0.899. The summed E-state index contributed by atoms with van der Waals surface area (Å²) in [5, 5.41) is 27.9. The molecule has 0 aromatic carbocycles. The molecule has 10 nitrogen and oxygen atoms in total. The van der Waals surface area contributed by atoms with Crippen LogP contribution in [0.4, 0.5) is 11.6 Å². The number of hydrogen-bond acceptors (Lipinski definition) is 8. The van der Waals surface area contributed by atoms with Crippen molar-refractivity contribution >= 4 is 22.7 Å². The molecule has 1 fully saturated rings. The molecule has 0 saturated heterocycles. The summed E-state index contributed by atoms with van der Waals surface area (Å²) in [4.78, 5) is 8.92. The Bertz CT molecular complexity index is 1080. The Morgan fingerprint density at radius 2 is 2.31 bits per heavy atom. The number of nitriles is 1. The first kappa shape index (κ1) is 19.2. The van der Waals surface area contributed by atoms with Crippen LogP contribution in [0, 0.1) is 11.3 Å². The van der Waals surface area contributed by atoms with Crippen molar-refractivity contribution in [3.63, 3.8) is 0 Å². The summed E-state index contributed by atoms with van der Waals surface area (Å²) < 4.78 is 14.5. The zero-order chi connectivity index (χ0) is 20.6. The predicted octanol–water partition coefficient (Wildman–Crippen LogP) is 1.72. The third-order valence-electron chi connectivity index (χ3n) is 5.17. The minimum atomic E-state index is -0.847. The van der Waals surface area contributed by atoms with E-state index in [1.54, 1.807) is 48.8 Å². The predicted molar refractivity (Wildman–Crippen MR) is 105 cm³/mol. The standard InChI is InChI=1S/C19H23N7O3/c1-19(27)5-4-15(19)29-17-14(11-25(2)24-17)22-18-21-10-12-8-13(9-20)26(6-7-28-3)16(12)23-18/h8,10-11,15,27H,4-7H2,1-3H3,(H,21,22,23). The largest absolute Gasteiger partial charge is 0.469 e. The molecule has 3 aromatic heterocycles. The number of nitrogens with zero attached hydrogens (tertiary/aromatic N) is 6. The summed E-state index contributed by atoms with van der Waals surface area (Å²) in [6.45, 7) is 2.74. The van der Waals surface area contributed by atoms with E-state index in [0.717, 1.165) is 11.8 Å². The Balaban J connectivity index is 1.62. The Morgan fingerprint density at radius 3 is 2.97 bits per heavy atom. The van der Waals surface area contributed by atoms with Crippen LogP contribution in [0.3, 0.4) is 0 Å². The van der Waals surface area contributed by atoms with Gasteiger partial charge in [-0.2, -0.15) is 10.2 Å². The Morgan fingerprint density at radius 1 is 1.48 bits per heavy atom. The van der Waals surface area contributed by atoms with Gasteiger partial charge >= 0.3 is 0 Å². The SMILES string of the molecule is COCCn1c(C#N)cc2cnc(Nc3cn(C)nc3OC3CCC3(C)O)nc21. The van der Waals surface area contributed by atoms with Crippen LogP contribution in [0.1, 0.15) is 25.5 Å². The van der Waals surface area contributed by atoms with Crippen LogP contribution in [0.5, 0.6) is 5.88 Å². The van der Waals surface area contributed by atoms with Gasteiger partial charge in [0, 0.05) is 32.3 Å². The van der Waals surface area contributed by atoms with E-state index in [4.69, 9.17) is 9.47 Å². The molecule has 0 bridgehead atoms. The van der Waals surface area contributed by atoms with E-state index in [2.05, 4.69) is 26.5 Å². The molecule has 2 atom stereocenters. The van der Waals surface area contributed by atoms with Gasteiger partial charge in [0.15, 0.2) is 0 Å². The average Bonchev–Trinajstić information content (AvgIpc) is 3.22. The number of ether oxygens (including phenoxy) is 2. The molecule has 10 heteroatoms. The summed E-state index contributed by atoms with van der Waals surface area (Å²) in [5.74, 6) is 0.741. The van der Waals surface area contributed by atoms with E-state index in [1.165, 1.54) is 0 Å². The number of aliphatic hydroxyl groups is 1. The molecule has 0 aliphatic heterocycles. The minimum absolute atomic E-state index is 0.300. The molecule has 1 saturated carbocycles. The quantitative estimate of drug-likeness (QED) is 0.618. The second kappa shape index (κ2) is 7.35. The van der Waals surface area contributed by atoms with E-state index in [1.807, 2.05) is 0 Å². The fraction of sp³-hybridized carbons (Fsp3) is 0.474. The zero-order valence-corrected chi connectivity index (χ0v) is 16.6. The topological polar surface area (TPSA) is 123 Å². The van der Waals surface area contributed by atoms with Gasteiger partial charge in [-0.05, 0) is 25.8 Å². The van der Waals surface area contributed by atoms with Gasteiger partial charge < -0.3 is 24.5 Å². The molecule has 4 rings (SSSR count). The number of methoxy groups -OCH3 is 1. The number of aromatic nitrogens is 5. The monoisotopic (exact) mass is 397 g/mol. The number of rotatable bonds is 7. The van der Waals surface area contributed by atoms with E-state index in [0.29, 0.717) is 48.4 Å². The Labute approximate surface area is 167 Å². The van der Waals surface area contributed by atoms with Gasteiger partial charge in [0.25, 0.3) is 5.88 Å². The zero-order valence-electron chi connectivity index (χ0n) is 16.6. The number of nitrogens with one attached hydrogen (secondary N) is 1. The van der Waals surface area contributed by atoms with Crippen molar-refractivity contribution < 1.29 is 14.6 Å². The highest BCUT2D eigenvalue weighted by Crippen LogP contribution is 2.37. The number of fused-ring (bicyclic) bond motifs is 1. The molecule has 0 amide bonds. The van der Waals surface area contributed by atoms with Crippen molar-refractivity contribution in [1.29, 1.82) is 5.26 Å². The van der Waals surface area contributed by atoms with Gasteiger partial charge in [-0.25, -0.2) is 4.98 Å². The Kier molecular flexibility index (Phi) is 4.86. The third-order valence-corrected chi connectivity index (χ3v) is 5.17. The molecule has 29 heavy (non-hydrogen) atoms. The van der Waals surface area contributed by atoms with Crippen LogP contribution >= 0.6 is 0 Å². The van der Waals surface area contributed by atoms with E-state index in [9.17, 15) is 10.4 Å². The molecule has 0 radical (unpaired) electrons. The first-order valence-corrected chi connectivity index (χ1v) is 9.36. The first-order valence-electron chi connectivity index (χ1n) is 9.36. The van der Waals surface area contributed by atoms with Crippen LogP contribution < -0.4 is 10.1 Å². The number of aryl methyl sites for hydroxylation is 1. The summed E-state index contributed by atoms with van der Waals surface area (Å²) >= 11 is 0. The van der Waals surface area contributed by atoms with Crippen LogP contribution in [-0.2, 0) is 18.3 Å². The van der Waals surface area contributed by atoms with Crippen molar-refractivity contribution in [2.75, 3.05) is 19.0 Å². The van der Waals surface area contributed by atoms with Crippen molar-refractivity contribution in [3.8, 4) is 11.9 Å². The molecule has 1 aliphatic rings. The molecule has 3 heterocycles. The highest BCUT2D eigenvalue weighted by Gasteiger charge is 2.43. The molecular formula is C19H23N7O3. The number of anilines is 2. The molecule has 0 spiro atoms. The highest BCUT2D eigenvalue weighted by molar-refractivity contribution is 5.79. The van der Waals surface area contributed by atoms with Gasteiger partial charge in [0.05, 0.1) is 18.4 Å². The van der Waals surface area contributed by atoms with Gasteiger partial charge in [0.2, 0.25) is 5.95 Å². The minimum Gasteiger partial charge on any atom is -0.469 e. The van der Waals surface area contributed by atoms with Crippen LogP contribution in [0.25, 0.3) is 11.0 Å². The van der Waals surface area contributed by atoms with Gasteiger partial charge in [0.1, 0.15) is 29.2 Å². The summed E-state index contributed by atoms with van der Waals surface area (Å²) in [6, 6.07) is 3.94. The molecule has 2 unspecified atom stereocenters. The van der Waals surface area contributed by atoms with Crippen molar-refractivity contribution in [2.24, 2.45) is 7.05 Å². The molecule has 152 valence electrons. The normalized spacial score (nSPS) is 21.0. The van der Waals surface area contributed by atoms with E-state index in [-0.39, 0.29) is 6.10 Å².